The van der Waals surface area contributed by atoms with Gasteiger partial charge in [0.05, 0.1) is 4.88 Å². The number of nitrogens with zero attached hydrogens (tertiary/aromatic N) is 3. The molecule has 0 aliphatic carbocycles. The minimum Gasteiger partial charge on any atom is -0.354 e. The summed E-state index contributed by atoms with van der Waals surface area (Å²) in [5.74, 6) is 0.594. The number of aromatic nitrogens is 3. The third-order valence-corrected chi connectivity index (χ3v) is 5.96. The molecule has 1 saturated heterocycles. The van der Waals surface area contributed by atoms with E-state index in [-0.39, 0.29) is 11.8 Å². The monoisotopic (exact) mass is 407 g/mol. The number of hydrogen-bond acceptors (Lipinski definition) is 5. The Labute approximate surface area is 167 Å². The number of rotatable bonds is 6. The van der Waals surface area contributed by atoms with E-state index in [9.17, 15) is 9.59 Å². The molecule has 3 heterocycles. The Morgan fingerprint density at radius 2 is 2.07 bits per heavy atom. The first kappa shape index (κ1) is 19.8. The maximum absolute atomic E-state index is 12.6. The first-order valence-electron chi connectivity index (χ1n) is 9.34. The number of aromatic amines is 1. The van der Waals surface area contributed by atoms with Crippen LogP contribution in [0.1, 0.15) is 45.1 Å². The van der Waals surface area contributed by atoms with Crippen LogP contribution in [0.4, 0.5) is 0 Å². The van der Waals surface area contributed by atoms with Crippen LogP contribution in [-0.2, 0) is 9.59 Å². The number of thiophene rings is 1. The van der Waals surface area contributed by atoms with Gasteiger partial charge in [0, 0.05) is 26.1 Å². The molecule has 0 bridgehead atoms. The standard InChI is InChI=1S/C18H25N5O2S2/c1-13(23-16(20-21-18(23)26)14-7-6-12-27-14)17(25)19-9-8-15(24)22-10-4-2-3-5-11-22/h6-7,12-13H,2-5,8-11H2,1H3,(H,19,25)(H,21,26). The summed E-state index contributed by atoms with van der Waals surface area (Å²) >= 11 is 6.84. The Kier molecular flexibility index (Phi) is 6.78. The van der Waals surface area contributed by atoms with E-state index in [0.29, 0.717) is 23.6 Å². The molecule has 1 aliphatic rings. The normalized spacial score (nSPS) is 16.0. The molecule has 0 spiro atoms. The Bertz CT molecular complexity index is 819. The largest absolute Gasteiger partial charge is 0.354 e. The Balaban J connectivity index is 1.56. The molecule has 27 heavy (non-hydrogen) atoms. The minimum atomic E-state index is -0.512. The number of amides is 2. The summed E-state index contributed by atoms with van der Waals surface area (Å²) in [5, 5.41) is 11.8. The van der Waals surface area contributed by atoms with Crippen LogP contribution in [0.25, 0.3) is 10.7 Å². The van der Waals surface area contributed by atoms with Gasteiger partial charge in [-0.1, -0.05) is 18.9 Å². The summed E-state index contributed by atoms with van der Waals surface area (Å²) in [4.78, 5) is 27.8. The van der Waals surface area contributed by atoms with Crippen molar-refractivity contribution in [2.45, 2.75) is 45.1 Å². The second kappa shape index (κ2) is 9.27. The van der Waals surface area contributed by atoms with E-state index >= 15 is 0 Å². The molecule has 1 fully saturated rings. The lowest BCUT2D eigenvalue weighted by Gasteiger charge is -2.21. The topological polar surface area (TPSA) is 83.0 Å². The van der Waals surface area contributed by atoms with Crippen molar-refractivity contribution in [1.29, 1.82) is 0 Å². The first-order chi connectivity index (χ1) is 13.1. The lowest BCUT2D eigenvalue weighted by atomic mass is 10.2. The highest BCUT2D eigenvalue weighted by Crippen LogP contribution is 2.25. The highest BCUT2D eigenvalue weighted by atomic mass is 32.1. The summed E-state index contributed by atoms with van der Waals surface area (Å²) < 4.78 is 2.12. The smallest absolute Gasteiger partial charge is 0.242 e. The summed E-state index contributed by atoms with van der Waals surface area (Å²) in [6, 6.07) is 3.36. The maximum Gasteiger partial charge on any atom is 0.242 e. The average molecular weight is 408 g/mol. The fraction of sp³-hybridized carbons (Fsp3) is 0.556. The van der Waals surface area contributed by atoms with Gasteiger partial charge >= 0.3 is 0 Å². The predicted molar refractivity (Wildman–Crippen MR) is 108 cm³/mol. The van der Waals surface area contributed by atoms with Crippen LogP contribution in [0, 0.1) is 4.77 Å². The van der Waals surface area contributed by atoms with Gasteiger partial charge in [-0.25, -0.2) is 0 Å². The Morgan fingerprint density at radius 3 is 2.74 bits per heavy atom. The molecular weight excluding hydrogens is 382 g/mol. The van der Waals surface area contributed by atoms with Crippen molar-refractivity contribution in [3.8, 4) is 10.7 Å². The molecule has 2 aromatic rings. The minimum absolute atomic E-state index is 0.115. The van der Waals surface area contributed by atoms with Crippen molar-refractivity contribution < 1.29 is 9.59 Å². The highest BCUT2D eigenvalue weighted by molar-refractivity contribution is 7.71. The zero-order valence-corrected chi connectivity index (χ0v) is 17.1. The number of carbonyl (C=O) groups is 2. The van der Waals surface area contributed by atoms with Crippen LogP contribution in [-0.4, -0.2) is 51.1 Å². The number of nitrogens with one attached hydrogen (secondary N) is 2. The fourth-order valence-electron chi connectivity index (χ4n) is 3.28. The number of H-pyrrole nitrogens is 1. The predicted octanol–water partition coefficient (Wildman–Crippen LogP) is 3.14. The Morgan fingerprint density at radius 1 is 1.33 bits per heavy atom. The molecular formula is C18H25N5O2S2. The average Bonchev–Trinajstić information content (AvgIpc) is 3.23. The van der Waals surface area contributed by atoms with Crippen molar-refractivity contribution >= 4 is 35.4 Å². The van der Waals surface area contributed by atoms with Crippen molar-refractivity contribution in [1.82, 2.24) is 25.0 Å². The molecule has 146 valence electrons. The number of carbonyl (C=O) groups excluding carboxylic acids is 2. The number of hydrogen-bond donors (Lipinski definition) is 2. The van der Waals surface area contributed by atoms with Gasteiger partial charge in [0.2, 0.25) is 11.8 Å². The van der Waals surface area contributed by atoms with E-state index in [4.69, 9.17) is 12.2 Å². The second-order valence-electron chi connectivity index (χ2n) is 6.71. The van der Waals surface area contributed by atoms with E-state index in [1.54, 1.807) is 22.8 Å². The molecule has 9 heteroatoms. The lowest BCUT2D eigenvalue weighted by Crippen LogP contribution is -2.37. The molecule has 0 radical (unpaired) electrons. The van der Waals surface area contributed by atoms with Crippen LogP contribution < -0.4 is 5.32 Å². The van der Waals surface area contributed by atoms with Crippen molar-refractivity contribution in [2.24, 2.45) is 0 Å². The van der Waals surface area contributed by atoms with Gasteiger partial charge in [-0.2, -0.15) is 5.10 Å². The Hall–Kier alpha value is -2.00. The lowest BCUT2D eigenvalue weighted by molar-refractivity contribution is -0.131. The van der Waals surface area contributed by atoms with Crippen LogP contribution in [0.3, 0.4) is 0 Å². The van der Waals surface area contributed by atoms with Crippen LogP contribution >= 0.6 is 23.6 Å². The third-order valence-electron chi connectivity index (χ3n) is 4.81. The molecule has 2 amide bonds. The van der Waals surface area contributed by atoms with E-state index in [0.717, 1.165) is 30.8 Å². The first-order valence-corrected chi connectivity index (χ1v) is 10.6. The van der Waals surface area contributed by atoms with Gasteiger partial charge in [0.25, 0.3) is 0 Å². The van der Waals surface area contributed by atoms with Gasteiger partial charge in [0.1, 0.15) is 6.04 Å². The molecule has 0 aromatic carbocycles. The maximum atomic E-state index is 12.6. The van der Waals surface area contributed by atoms with Gasteiger partial charge in [-0.15, -0.1) is 11.3 Å². The SMILES string of the molecule is CC(C(=O)NCCC(=O)N1CCCCCC1)n1c(-c2cccs2)n[nH]c1=S. The van der Waals surface area contributed by atoms with E-state index in [1.165, 1.54) is 12.8 Å². The molecule has 1 aliphatic heterocycles. The van der Waals surface area contributed by atoms with Gasteiger partial charge in [-0.3, -0.25) is 19.3 Å². The highest BCUT2D eigenvalue weighted by Gasteiger charge is 2.22. The van der Waals surface area contributed by atoms with Gasteiger partial charge in [0.15, 0.2) is 10.6 Å². The van der Waals surface area contributed by atoms with Crippen LogP contribution in [0.5, 0.6) is 0 Å². The molecule has 0 saturated carbocycles. The number of likely N-dealkylation sites (tertiary alicyclic amines) is 1. The van der Waals surface area contributed by atoms with Crippen LogP contribution in [0.15, 0.2) is 17.5 Å². The van der Waals surface area contributed by atoms with Crippen molar-refractivity contribution in [3.63, 3.8) is 0 Å². The molecule has 2 aromatic heterocycles. The zero-order valence-electron chi connectivity index (χ0n) is 15.4. The molecule has 1 atom stereocenters. The second-order valence-corrected chi connectivity index (χ2v) is 8.05. The van der Waals surface area contributed by atoms with Gasteiger partial charge < -0.3 is 10.2 Å². The summed E-state index contributed by atoms with van der Waals surface area (Å²) in [7, 11) is 0. The quantitative estimate of drug-likeness (QED) is 0.721. The van der Waals surface area contributed by atoms with Crippen molar-refractivity contribution in [3.05, 3.63) is 22.3 Å². The summed E-state index contributed by atoms with van der Waals surface area (Å²) in [6.07, 6.45) is 4.84. The molecule has 2 N–H and O–H groups in total. The fourth-order valence-corrected chi connectivity index (χ4v) is 4.28. The van der Waals surface area contributed by atoms with E-state index < -0.39 is 6.04 Å². The van der Waals surface area contributed by atoms with E-state index in [1.807, 2.05) is 22.4 Å². The van der Waals surface area contributed by atoms with Crippen LogP contribution in [0.2, 0.25) is 0 Å². The third kappa shape index (κ3) is 4.84. The van der Waals surface area contributed by atoms with Crippen molar-refractivity contribution in [2.75, 3.05) is 19.6 Å². The molecule has 7 nitrogen and oxygen atoms in total. The van der Waals surface area contributed by atoms with Gasteiger partial charge in [-0.05, 0) is 43.4 Å². The summed E-state index contributed by atoms with van der Waals surface area (Å²) in [6.45, 7) is 3.78. The van der Waals surface area contributed by atoms with E-state index in [2.05, 4.69) is 15.5 Å². The molecule has 3 rings (SSSR count). The summed E-state index contributed by atoms with van der Waals surface area (Å²) in [5.41, 5.74) is 0. The molecule has 1 unspecified atom stereocenters. The zero-order chi connectivity index (χ0) is 19.2.